The Labute approximate surface area is 196 Å². The van der Waals surface area contributed by atoms with Crippen LogP contribution in [-0.4, -0.2) is 17.9 Å². The second-order valence-electron chi connectivity index (χ2n) is 8.13. The number of nitrogens with one attached hydrogen (secondary N) is 1. The van der Waals surface area contributed by atoms with Crippen molar-refractivity contribution in [2.75, 3.05) is 4.90 Å². The van der Waals surface area contributed by atoms with E-state index in [-0.39, 0.29) is 24.3 Å². The summed E-state index contributed by atoms with van der Waals surface area (Å²) >= 11 is 1.46. The lowest BCUT2D eigenvalue weighted by atomic mass is 10.0. The molecule has 1 heterocycles. The molecule has 7 heteroatoms. The zero-order chi connectivity index (χ0) is 23.2. The van der Waals surface area contributed by atoms with Crippen LogP contribution in [0.5, 0.6) is 0 Å². The third kappa shape index (κ3) is 5.47. The largest absolute Gasteiger partial charge is 0.351 e. The highest BCUT2D eigenvalue weighted by molar-refractivity contribution is 7.10. The number of halogens is 1. The molecule has 1 N–H and O–H groups in total. The van der Waals surface area contributed by atoms with Crippen LogP contribution in [0.4, 0.5) is 10.1 Å². The molecular formula is C26H24FN3O2S. The van der Waals surface area contributed by atoms with Crippen LogP contribution >= 0.6 is 11.3 Å². The van der Waals surface area contributed by atoms with Crippen LogP contribution in [0, 0.1) is 17.1 Å². The third-order valence-electron chi connectivity index (χ3n) is 5.82. The molecule has 0 bridgehead atoms. The van der Waals surface area contributed by atoms with Crippen LogP contribution in [0.3, 0.4) is 0 Å². The van der Waals surface area contributed by atoms with E-state index in [0.717, 1.165) is 30.6 Å². The lowest BCUT2D eigenvalue weighted by Gasteiger charge is -2.32. The number of thiophene rings is 1. The number of amides is 2. The zero-order valence-corrected chi connectivity index (χ0v) is 18.9. The van der Waals surface area contributed by atoms with Gasteiger partial charge in [-0.2, -0.15) is 5.26 Å². The third-order valence-corrected chi connectivity index (χ3v) is 6.70. The maximum atomic E-state index is 14.2. The monoisotopic (exact) mass is 461 g/mol. The Morgan fingerprint density at radius 3 is 2.52 bits per heavy atom. The summed E-state index contributed by atoms with van der Waals surface area (Å²) in [5.74, 6) is -1.11. The van der Waals surface area contributed by atoms with Crippen LogP contribution in [0.2, 0.25) is 0 Å². The molecule has 1 fully saturated rings. The van der Waals surface area contributed by atoms with Gasteiger partial charge in [-0.05, 0) is 60.2 Å². The van der Waals surface area contributed by atoms with Crippen LogP contribution in [0.1, 0.15) is 47.7 Å². The Morgan fingerprint density at radius 2 is 1.88 bits per heavy atom. The van der Waals surface area contributed by atoms with Crippen molar-refractivity contribution in [2.24, 2.45) is 0 Å². The lowest BCUT2D eigenvalue weighted by molar-refractivity contribution is -0.127. The maximum Gasteiger partial charge on any atom is 0.248 e. The molecule has 0 radical (unpaired) electrons. The lowest BCUT2D eigenvalue weighted by Crippen LogP contribution is -2.46. The fourth-order valence-electron chi connectivity index (χ4n) is 4.22. The fraction of sp³-hybridized carbons (Fsp3) is 0.269. The first-order valence-electron chi connectivity index (χ1n) is 11.0. The van der Waals surface area contributed by atoms with Gasteiger partial charge in [0.05, 0.1) is 18.1 Å². The number of rotatable bonds is 7. The smallest absolute Gasteiger partial charge is 0.248 e. The van der Waals surface area contributed by atoms with Gasteiger partial charge in [0.2, 0.25) is 11.8 Å². The van der Waals surface area contributed by atoms with Crippen molar-refractivity contribution in [3.8, 4) is 6.07 Å². The summed E-state index contributed by atoms with van der Waals surface area (Å²) in [6.45, 7) is 0. The molecule has 1 unspecified atom stereocenters. The quantitative estimate of drug-likeness (QED) is 0.530. The van der Waals surface area contributed by atoms with E-state index in [4.69, 9.17) is 0 Å². The predicted molar refractivity (Wildman–Crippen MR) is 126 cm³/mol. The van der Waals surface area contributed by atoms with Crippen molar-refractivity contribution < 1.29 is 14.0 Å². The molecule has 1 saturated carbocycles. The molecule has 2 aromatic carbocycles. The number of hydrogen-bond acceptors (Lipinski definition) is 4. The summed E-state index contributed by atoms with van der Waals surface area (Å²) in [4.78, 5) is 29.4. The van der Waals surface area contributed by atoms with Gasteiger partial charge >= 0.3 is 0 Å². The van der Waals surface area contributed by atoms with E-state index in [2.05, 4.69) is 11.4 Å². The SMILES string of the molecule is N#Cc1ccc(C(C(=O)NC2CCCC2)N(C(=O)Cc2cccs2)c2cccc(F)c2)cc1. The van der Waals surface area contributed by atoms with Crippen LogP contribution in [-0.2, 0) is 16.0 Å². The average Bonchev–Trinajstić information content (AvgIpc) is 3.52. The number of benzene rings is 2. The van der Waals surface area contributed by atoms with Gasteiger partial charge in [-0.25, -0.2) is 4.39 Å². The van der Waals surface area contributed by atoms with Gasteiger partial charge < -0.3 is 5.32 Å². The first-order valence-corrected chi connectivity index (χ1v) is 11.8. The van der Waals surface area contributed by atoms with Crippen LogP contribution in [0.15, 0.2) is 66.0 Å². The molecule has 0 spiro atoms. The highest BCUT2D eigenvalue weighted by Gasteiger charge is 2.34. The molecule has 1 aliphatic rings. The highest BCUT2D eigenvalue weighted by Crippen LogP contribution is 2.31. The number of carbonyl (C=O) groups excluding carboxylic acids is 2. The van der Waals surface area contributed by atoms with Crippen molar-refractivity contribution in [1.82, 2.24) is 5.32 Å². The van der Waals surface area contributed by atoms with Crippen molar-refractivity contribution >= 4 is 28.8 Å². The van der Waals surface area contributed by atoms with Crippen molar-refractivity contribution in [1.29, 1.82) is 5.26 Å². The van der Waals surface area contributed by atoms with Gasteiger partial charge in [-0.1, -0.05) is 37.1 Å². The normalized spacial score (nSPS) is 14.4. The standard InChI is InChI=1S/C26H24FN3O2S/c27-20-5-3-8-22(15-20)30(24(31)16-23-9-4-14-33-23)25(19-12-10-18(17-28)11-13-19)26(32)29-21-6-1-2-7-21/h3-5,8-15,21,25H,1-2,6-7,16H2,(H,29,32). The maximum absolute atomic E-state index is 14.2. The summed E-state index contributed by atoms with van der Waals surface area (Å²) in [6.07, 6.45) is 4.00. The number of anilines is 1. The van der Waals surface area contributed by atoms with E-state index in [9.17, 15) is 19.2 Å². The minimum Gasteiger partial charge on any atom is -0.351 e. The fourth-order valence-corrected chi connectivity index (χ4v) is 4.91. The summed E-state index contributed by atoms with van der Waals surface area (Å²) in [5.41, 5.74) is 1.33. The summed E-state index contributed by atoms with van der Waals surface area (Å²) < 4.78 is 14.2. The molecule has 33 heavy (non-hydrogen) atoms. The molecule has 3 aromatic rings. The molecule has 1 aliphatic carbocycles. The Morgan fingerprint density at radius 1 is 1.12 bits per heavy atom. The first kappa shape index (κ1) is 22.7. The number of nitrogens with zero attached hydrogens (tertiary/aromatic N) is 2. The molecular weight excluding hydrogens is 437 g/mol. The molecule has 2 amide bonds. The second kappa shape index (κ2) is 10.4. The molecule has 1 atom stereocenters. The molecule has 5 nitrogen and oxygen atoms in total. The van der Waals surface area contributed by atoms with Gasteiger partial charge in [0.15, 0.2) is 0 Å². The summed E-state index contributed by atoms with van der Waals surface area (Å²) in [6, 6.07) is 17.2. The number of carbonyl (C=O) groups is 2. The summed E-state index contributed by atoms with van der Waals surface area (Å²) in [7, 11) is 0. The van der Waals surface area contributed by atoms with Crippen LogP contribution < -0.4 is 10.2 Å². The van der Waals surface area contributed by atoms with Crippen molar-refractivity contribution in [2.45, 2.75) is 44.2 Å². The number of hydrogen-bond donors (Lipinski definition) is 1. The molecule has 4 rings (SSSR count). The molecule has 0 aliphatic heterocycles. The Bertz CT molecular complexity index is 1150. The zero-order valence-electron chi connectivity index (χ0n) is 18.0. The van der Waals surface area contributed by atoms with Crippen molar-refractivity contribution in [3.05, 3.63) is 87.9 Å². The average molecular weight is 462 g/mol. The van der Waals surface area contributed by atoms with E-state index in [1.807, 2.05) is 17.5 Å². The second-order valence-corrected chi connectivity index (χ2v) is 9.16. The Kier molecular flexibility index (Phi) is 7.16. The van der Waals surface area contributed by atoms with Gasteiger partial charge in [-0.15, -0.1) is 11.3 Å². The predicted octanol–water partition coefficient (Wildman–Crippen LogP) is 5.13. The Balaban J connectivity index is 1.77. The van der Waals surface area contributed by atoms with E-state index >= 15 is 0 Å². The van der Waals surface area contributed by atoms with E-state index in [1.54, 1.807) is 30.3 Å². The number of nitriles is 1. The van der Waals surface area contributed by atoms with Gasteiger partial charge in [0, 0.05) is 16.6 Å². The minimum atomic E-state index is -0.993. The Hall–Kier alpha value is -3.50. The van der Waals surface area contributed by atoms with Crippen molar-refractivity contribution in [3.63, 3.8) is 0 Å². The van der Waals surface area contributed by atoms with E-state index in [0.29, 0.717) is 16.8 Å². The molecule has 1 aromatic heterocycles. The van der Waals surface area contributed by atoms with Crippen LogP contribution in [0.25, 0.3) is 0 Å². The topological polar surface area (TPSA) is 73.2 Å². The van der Waals surface area contributed by atoms with E-state index < -0.39 is 11.9 Å². The van der Waals surface area contributed by atoms with Gasteiger partial charge in [0.1, 0.15) is 11.9 Å². The summed E-state index contributed by atoms with van der Waals surface area (Å²) in [5, 5.41) is 14.2. The minimum absolute atomic E-state index is 0.0557. The highest BCUT2D eigenvalue weighted by atomic mass is 32.1. The molecule has 0 saturated heterocycles. The van der Waals surface area contributed by atoms with Gasteiger partial charge in [0.25, 0.3) is 0 Å². The first-order chi connectivity index (χ1) is 16.0. The van der Waals surface area contributed by atoms with E-state index in [1.165, 1.54) is 34.4 Å². The molecule has 168 valence electrons. The van der Waals surface area contributed by atoms with Gasteiger partial charge in [-0.3, -0.25) is 14.5 Å².